The van der Waals surface area contributed by atoms with Crippen LogP contribution in [0.15, 0.2) is 48.5 Å². The third-order valence-electron chi connectivity index (χ3n) is 7.40. The van der Waals surface area contributed by atoms with Gasteiger partial charge in [-0.2, -0.15) is 0 Å². The van der Waals surface area contributed by atoms with E-state index in [2.05, 4.69) is 10.6 Å². The zero-order valence-electron chi connectivity index (χ0n) is 21.3. The fourth-order valence-corrected chi connectivity index (χ4v) is 5.46. The molecule has 192 valence electrons. The molecule has 2 aromatic carbocycles. The lowest BCUT2D eigenvalue weighted by molar-refractivity contribution is -0.130. The van der Waals surface area contributed by atoms with Gasteiger partial charge >= 0.3 is 0 Å². The van der Waals surface area contributed by atoms with Crippen molar-refractivity contribution >= 4 is 23.4 Å². The Hall–Kier alpha value is -3.35. The van der Waals surface area contributed by atoms with Crippen LogP contribution in [-0.2, 0) is 14.4 Å². The number of carbonyl (C=O) groups is 3. The Morgan fingerprint density at radius 2 is 1.58 bits per heavy atom. The molecule has 0 aromatic heterocycles. The van der Waals surface area contributed by atoms with E-state index in [4.69, 9.17) is 4.74 Å². The normalized spacial score (nSPS) is 20.6. The molecule has 0 bridgehead atoms. The van der Waals surface area contributed by atoms with Gasteiger partial charge in [-0.1, -0.05) is 55.2 Å². The van der Waals surface area contributed by atoms with Crippen molar-refractivity contribution in [2.75, 3.05) is 25.1 Å². The van der Waals surface area contributed by atoms with Crippen molar-refractivity contribution in [3.05, 3.63) is 59.7 Å². The fraction of sp³-hybridized carbons (Fsp3) is 0.483. The number of nitrogens with zero attached hydrogens (tertiary/aromatic N) is 1. The summed E-state index contributed by atoms with van der Waals surface area (Å²) >= 11 is 0. The lowest BCUT2D eigenvalue weighted by Gasteiger charge is -2.41. The summed E-state index contributed by atoms with van der Waals surface area (Å²) in [5, 5.41) is 5.99. The van der Waals surface area contributed by atoms with Crippen LogP contribution in [0, 0.1) is 18.8 Å². The number of carbonyl (C=O) groups excluding carboxylic acids is 3. The molecule has 2 atom stereocenters. The molecule has 2 unspecified atom stereocenters. The number of hydrogen-bond acceptors (Lipinski definition) is 4. The SMILES string of the molecule is COc1ccccc1C1C(C(=O)NCCNC(=O)C2CCCCC2)CCC(=O)N1c1ccc(C)cc1. The Morgan fingerprint density at radius 3 is 2.28 bits per heavy atom. The van der Waals surface area contributed by atoms with Crippen LogP contribution in [0.5, 0.6) is 5.75 Å². The highest BCUT2D eigenvalue weighted by Crippen LogP contribution is 2.43. The van der Waals surface area contributed by atoms with E-state index in [1.165, 1.54) is 6.42 Å². The molecular weight excluding hydrogens is 454 g/mol. The van der Waals surface area contributed by atoms with Crippen molar-refractivity contribution in [3.63, 3.8) is 0 Å². The predicted octanol–water partition coefficient (Wildman–Crippen LogP) is 4.30. The Balaban J connectivity index is 1.50. The van der Waals surface area contributed by atoms with Crippen molar-refractivity contribution in [1.29, 1.82) is 0 Å². The van der Waals surface area contributed by atoms with E-state index >= 15 is 0 Å². The molecule has 1 heterocycles. The van der Waals surface area contributed by atoms with E-state index in [0.717, 1.165) is 42.5 Å². The number of nitrogens with one attached hydrogen (secondary N) is 2. The zero-order chi connectivity index (χ0) is 25.5. The Bertz CT molecular complexity index is 1060. The van der Waals surface area contributed by atoms with Gasteiger partial charge in [0, 0.05) is 36.7 Å². The highest BCUT2D eigenvalue weighted by atomic mass is 16.5. The quantitative estimate of drug-likeness (QED) is 0.539. The van der Waals surface area contributed by atoms with Crippen molar-refractivity contribution < 1.29 is 19.1 Å². The molecule has 1 saturated heterocycles. The summed E-state index contributed by atoms with van der Waals surface area (Å²) < 4.78 is 5.63. The lowest BCUT2D eigenvalue weighted by Crippen LogP contribution is -2.49. The molecule has 1 aliphatic heterocycles. The molecule has 1 saturated carbocycles. The number of ether oxygens (including phenoxy) is 1. The minimum Gasteiger partial charge on any atom is -0.496 e. The van der Waals surface area contributed by atoms with E-state index in [9.17, 15) is 14.4 Å². The lowest BCUT2D eigenvalue weighted by atomic mass is 9.82. The summed E-state index contributed by atoms with van der Waals surface area (Å²) in [5.41, 5.74) is 2.67. The van der Waals surface area contributed by atoms with Crippen LogP contribution in [0.2, 0.25) is 0 Å². The highest BCUT2D eigenvalue weighted by molar-refractivity contribution is 5.97. The van der Waals surface area contributed by atoms with Gasteiger partial charge < -0.3 is 20.3 Å². The molecule has 7 heteroatoms. The second kappa shape index (κ2) is 12.1. The molecule has 2 fully saturated rings. The largest absolute Gasteiger partial charge is 0.496 e. The molecule has 3 amide bonds. The smallest absolute Gasteiger partial charge is 0.227 e. The van der Waals surface area contributed by atoms with Crippen LogP contribution in [0.1, 0.15) is 62.1 Å². The number of para-hydroxylation sites is 1. The van der Waals surface area contributed by atoms with Crippen LogP contribution in [0.3, 0.4) is 0 Å². The maximum Gasteiger partial charge on any atom is 0.227 e. The number of piperidine rings is 1. The van der Waals surface area contributed by atoms with Gasteiger partial charge in [0.05, 0.1) is 19.1 Å². The van der Waals surface area contributed by atoms with Crippen LogP contribution in [0.4, 0.5) is 5.69 Å². The van der Waals surface area contributed by atoms with E-state index in [1.807, 2.05) is 55.5 Å². The van der Waals surface area contributed by atoms with Crippen LogP contribution < -0.4 is 20.3 Å². The number of aryl methyl sites for hydroxylation is 1. The Morgan fingerprint density at radius 1 is 0.917 bits per heavy atom. The van der Waals surface area contributed by atoms with E-state index in [1.54, 1.807) is 12.0 Å². The first kappa shape index (κ1) is 25.7. The average Bonchev–Trinajstić information content (AvgIpc) is 2.91. The van der Waals surface area contributed by atoms with Crippen LogP contribution in [0.25, 0.3) is 0 Å². The van der Waals surface area contributed by atoms with Gasteiger partial charge in [0.25, 0.3) is 0 Å². The molecule has 36 heavy (non-hydrogen) atoms. The van der Waals surface area contributed by atoms with Crippen LogP contribution >= 0.6 is 0 Å². The van der Waals surface area contributed by atoms with Crippen LogP contribution in [-0.4, -0.2) is 37.9 Å². The second-order valence-corrected chi connectivity index (χ2v) is 9.85. The standard InChI is InChI=1S/C29H37N3O4/c1-20-12-14-22(15-13-20)32-26(33)17-16-24(27(32)23-10-6-7-11-25(23)36-2)29(35)31-19-18-30-28(34)21-8-4-3-5-9-21/h6-7,10-15,21,24,27H,3-5,8-9,16-19H2,1-2H3,(H,30,34)(H,31,35). The summed E-state index contributed by atoms with van der Waals surface area (Å²) in [6.07, 6.45) is 6.05. The first-order valence-electron chi connectivity index (χ1n) is 13.1. The molecule has 4 rings (SSSR count). The minimum absolute atomic E-state index is 0.0152. The van der Waals surface area contributed by atoms with Gasteiger partial charge in [0.15, 0.2) is 0 Å². The third-order valence-corrected chi connectivity index (χ3v) is 7.40. The molecule has 1 aliphatic carbocycles. The topological polar surface area (TPSA) is 87.7 Å². The number of hydrogen-bond donors (Lipinski definition) is 2. The van der Waals surface area contributed by atoms with Crippen molar-refractivity contribution in [2.24, 2.45) is 11.8 Å². The number of benzene rings is 2. The van der Waals surface area contributed by atoms with Gasteiger partial charge in [0.1, 0.15) is 5.75 Å². The average molecular weight is 492 g/mol. The first-order valence-corrected chi connectivity index (χ1v) is 13.1. The highest BCUT2D eigenvalue weighted by Gasteiger charge is 2.42. The molecule has 0 radical (unpaired) electrons. The van der Waals surface area contributed by atoms with Crippen molar-refractivity contribution in [1.82, 2.24) is 10.6 Å². The summed E-state index contributed by atoms with van der Waals surface area (Å²) in [4.78, 5) is 40.9. The molecule has 2 aliphatic rings. The maximum absolute atomic E-state index is 13.5. The van der Waals surface area contributed by atoms with Gasteiger partial charge in [-0.05, 0) is 44.4 Å². The summed E-state index contributed by atoms with van der Waals surface area (Å²) in [5.74, 6) is 0.239. The van der Waals surface area contributed by atoms with Gasteiger partial charge in [-0.3, -0.25) is 14.4 Å². The Labute approximate surface area is 213 Å². The zero-order valence-corrected chi connectivity index (χ0v) is 21.3. The van der Waals surface area contributed by atoms with E-state index in [-0.39, 0.29) is 30.1 Å². The molecule has 7 nitrogen and oxygen atoms in total. The summed E-state index contributed by atoms with van der Waals surface area (Å²) in [7, 11) is 1.60. The first-order chi connectivity index (χ1) is 17.5. The molecule has 0 spiro atoms. The number of rotatable bonds is 8. The van der Waals surface area contributed by atoms with E-state index < -0.39 is 12.0 Å². The second-order valence-electron chi connectivity index (χ2n) is 9.85. The predicted molar refractivity (Wildman–Crippen MR) is 140 cm³/mol. The molecule has 2 aromatic rings. The number of amides is 3. The molecular formula is C29H37N3O4. The maximum atomic E-state index is 13.5. The van der Waals surface area contributed by atoms with Gasteiger partial charge in [-0.15, -0.1) is 0 Å². The van der Waals surface area contributed by atoms with Gasteiger partial charge in [-0.25, -0.2) is 0 Å². The minimum atomic E-state index is -0.498. The fourth-order valence-electron chi connectivity index (χ4n) is 5.46. The van der Waals surface area contributed by atoms with E-state index in [0.29, 0.717) is 25.3 Å². The molecule has 2 N–H and O–H groups in total. The van der Waals surface area contributed by atoms with Crippen molar-refractivity contribution in [2.45, 2.75) is 57.9 Å². The summed E-state index contributed by atoms with van der Waals surface area (Å²) in [6, 6.07) is 14.9. The monoisotopic (exact) mass is 491 g/mol. The summed E-state index contributed by atoms with van der Waals surface area (Å²) in [6.45, 7) is 2.75. The van der Waals surface area contributed by atoms with Crippen molar-refractivity contribution in [3.8, 4) is 5.75 Å². The Kier molecular flexibility index (Phi) is 8.62. The number of methoxy groups -OCH3 is 1. The third kappa shape index (κ3) is 5.89. The van der Waals surface area contributed by atoms with Gasteiger partial charge in [0.2, 0.25) is 17.7 Å². The number of anilines is 1.